The highest BCUT2D eigenvalue weighted by Gasteiger charge is 2.29. The van der Waals surface area contributed by atoms with Gasteiger partial charge in [-0.2, -0.15) is 0 Å². The van der Waals surface area contributed by atoms with Crippen molar-refractivity contribution in [1.82, 2.24) is 4.98 Å². The van der Waals surface area contributed by atoms with E-state index in [1.165, 1.54) is 7.11 Å². The highest BCUT2D eigenvalue weighted by Crippen LogP contribution is 2.37. The summed E-state index contributed by atoms with van der Waals surface area (Å²) in [7, 11) is 1.51. The molecule has 10 heteroatoms. The number of methoxy groups -OCH3 is 1. The van der Waals surface area contributed by atoms with Gasteiger partial charge in [0.1, 0.15) is 21.5 Å². The molecule has 0 saturated heterocycles. The lowest BCUT2D eigenvalue weighted by Gasteiger charge is -2.09. The molecule has 0 aliphatic carbocycles. The number of aromatic nitrogens is 1. The Hall–Kier alpha value is -2.09. The van der Waals surface area contributed by atoms with Crippen LogP contribution in [0.3, 0.4) is 0 Å². The van der Waals surface area contributed by atoms with E-state index in [1.54, 1.807) is 24.3 Å². The van der Waals surface area contributed by atoms with E-state index < -0.39 is 26.7 Å². The van der Waals surface area contributed by atoms with E-state index in [1.807, 2.05) is 0 Å². The average molecular weight is 377 g/mol. The van der Waals surface area contributed by atoms with Crippen LogP contribution in [0, 0.1) is 10.1 Å². The summed E-state index contributed by atoms with van der Waals surface area (Å²) >= 11 is 17.4. The van der Waals surface area contributed by atoms with Crippen LogP contribution in [0.2, 0.25) is 15.3 Å². The van der Waals surface area contributed by atoms with Gasteiger partial charge in [0.15, 0.2) is 0 Å². The zero-order valence-electron chi connectivity index (χ0n) is 11.5. The van der Waals surface area contributed by atoms with Crippen molar-refractivity contribution in [3.8, 4) is 5.75 Å². The highest BCUT2D eigenvalue weighted by atomic mass is 35.5. The predicted octanol–water partition coefficient (Wildman–Crippen LogP) is 4.21. The fraction of sp³-hybridized carbons (Fsp3) is 0.0769. The second-order valence-corrected chi connectivity index (χ2v) is 5.26. The largest absolute Gasteiger partial charge is 0.497 e. The van der Waals surface area contributed by atoms with E-state index in [0.29, 0.717) is 11.4 Å². The molecule has 0 aliphatic heterocycles. The number of amides is 1. The molecule has 0 atom stereocenters. The molecule has 1 aromatic heterocycles. The first-order chi connectivity index (χ1) is 10.8. The second-order valence-electron chi connectivity index (χ2n) is 4.17. The second kappa shape index (κ2) is 6.99. The molecule has 1 heterocycles. The predicted molar refractivity (Wildman–Crippen MR) is 86.9 cm³/mol. The number of nitrogens with zero attached hydrogens (tertiary/aromatic N) is 2. The molecular weight excluding hydrogens is 369 g/mol. The topological polar surface area (TPSA) is 94.4 Å². The molecule has 0 aliphatic rings. The van der Waals surface area contributed by atoms with E-state index in [2.05, 4.69) is 10.3 Å². The van der Waals surface area contributed by atoms with E-state index in [-0.39, 0.29) is 10.7 Å². The van der Waals surface area contributed by atoms with Crippen LogP contribution in [-0.4, -0.2) is 22.9 Å². The minimum atomic E-state index is -0.835. The maximum absolute atomic E-state index is 12.3. The van der Waals surface area contributed by atoms with Gasteiger partial charge in [-0.1, -0.05) is 34.8 Å². The minimum Gasteiger partial charge on any atom is -0.497 e. The summed E-state index contributed by atoms with van der Waals surface area (Å²) in [5, 5.41) is 12.2. The van der Waals surface area contributed by atoms with Gasteiger partial charge in [-0.15, -0.1) is 0 Å². The summed E-state index contributed by atoms with van der Waals surface area (Å²) in [4.78, 5) is 26.0. The third-order valence-corrected chi connectivity index (χ3v) is 3.69. The third-order valence-electron chi connectivity index (χ3n) is 2.78. The summed E-state index contributed by atoms with van der Waals surface area (Å²) < 4.78 is 5.00. The van der Waals surface area contributed by atoms with E-state index in [9.17, 15) is 14.9 Å². The number of hydrogen-bond acceptors (Lipinski definition) is 5. The normalized spacial score (nSPS) is 10.3. The van der Waals surface area contributed by atoms with Gasteiger partial charge < -0.3 is 10.1 Å². The summed E-state index contributed by atoms with van der Waals surface area (Å²) in [6.07, 6.45) is 0. The fourth-order valence-electron chi connectivity index (χ4n) is 1.71. The van der Waals surface area contributed by atoms with Crippen LogP contribution in [0.25, 0.3) is 0 Å². The molecule has 1 N–H and O–H groups in total. The molecule has 0 unspecified atom stereocenters. The van der Waals surface area contributed by atoms with Crippen LogP contribution in [0.1, 0.15) is 10.4 Å². The van der Waals surface area contributed by atoms with E-state index in [0.717, 1.165) is 0 Å². The van der Waals surface area contributed by atoms with Gasteiger partial charge in [0.2, 0.25) is 5.15 Å². The molecule has 0 fully saturated rings. The lowest BCUT2D eigenvalue weighted by molar-refractivity contribution is -0.384. The Balaban J connectivity index is 2.38. The van der Waals surface area contributed by atoms with Gasteiger partial charge in [0.25, 0.3) is 5.91 Å². The summed E-state index contributed by atoms with van der Waals surface area (Å²) in [6, 6.07) is 6.41. The highest BCUT2D eigenvalue weighted by molar-refractivity contribution is 6.43. The van der Waals surface area contributed by atoms with Crippen LogP contribution in [0.4, 0.5) is 11.4 Å². The average Bonchev–Trinajstić information content (AvgIpc) is 2.46. The number of pyridine rings is 1. The van der Waals surface area contributed by atoms with Crippen molar-refractivity contribution in [2.45, 2.75) is 0 Å². The maximum Gasteiger partial charge on any atom is 0.325 e. The van der Waals surface area contributed by atoms with Gasteiger partial charge in [-0.25, -0.2) is 4.98 Å². The SMILES string of the molecule is COc1ccc(NC(=O)c2c(Cl)nc(Cl)c([N+](=O)[O-])c2Cl)cc1. The molecule has 0 radical (unpaired) electrons. The molecule has 2 aromatic rings. The van der Waals surface area contributed by atoms with Gasteiger partial charge >= 0.3 is 5.69 Å². The first kappa shape index (κ1) is 17.3. The Morgan fingerprint density at radius 2 is 1.83 bits per heavy atom. The smallest absolute Gasteiger partial charge is 0.325 e. The number of carbonyl (C=O) groups excluding carboxylic acids is 1. The number of benzene rings is 1. The Morgan fingerprint density at radius 3 is 2.35 bits per heavy atom. The molecule has 2 rings (SSSR count). The number of nitro groups is 1. The van der Waals surface area contributed by atoms with Crippen LogP contribution < -0.4 is 10.1 Å². The van der Waals surface area contributed by atoms with Crippen molar-refractivity contribution in [1.29, 1.82) is 0 Å². The van der Waals surface area contributed by atoms with Crippen LogP contribution in [-0.2, 0) is 0 Å². The van der Waals surface area contributed by atoms with Gasteiger partial charge in [-0.05, 0) is 24.3 Å². The van der Waals surface area contributed by atoms with Gasteiger partial charge in [-0.3, -0.25) is 14.9 Å². The van der Waals surface area contributed by atoms with E-state index in [4.69, 9.17) is 39.5 Å². The number of hydrogen-bond donors (Lipinski definition) is 1. The van der Waals surface area contributed by atoms with Crippen molar-refractivity contribution in [2.24, 2.45) is 0 Å². The molecule has 1 aromatic carbocycles. The van der Waals surface area contributed by atoms with Crippen molar-refractivity contribution < 1.29 is 14.5 Å². The summed E-state index contributed by atoms with van der Waals surface area (Å²) in [5.41, 5.74) is -0.599. The first-order valence-electron chi connectivity index (χ1n) is 5.99. The maximum atomic E-state index is 12.3. The molecule has 0 spiro atoms. The number of rotatable bonds is 4. The van der Waals surface area contributed by atoms with Crippen molar-refractivity contribution >= 4 is 52.1 Å². The Labute approximate surface area is 145 Å². The Morgan fingerprint density at radius 1 is 1.22 bits per heavy atom. The van der Waals surface area contributed by atoms with Crippen molar-refractivity contribution in [3.63, 3.8) is 0 Å². The first-order valence-corrected chi connectivity index (χ1v) is 7.12. The van der Waals surface area contributed by atoms with Crippen molar-refractivity contribution in [2.75, 3.05) is 12.4 Å². The molecule has 1 amide bonds. The van der Waals surface area contributed by atoms with E-state index >= 15 is 0 Å². The molecule has 23 heavy (non-hydrogen) atoms. The van der Waals surface area contributed by atoms with Crippen LogP contribution in [0.5, 0.6) is 5.75 Å². The van der Waals surface area contributed by atoms with Crippen molar-refractivity contribution in [3.05, 3.63) is 55.3 Å². The molecule has 0 bridgehead atoms. The van der Waals surface area contributed by atoms with Gasteiger partial charge in [0.05, 0.1) is 12.0 Å². The van der Waals surface area contributed by atoms with Gasteiger partial charge in [0, 0.05) is 5.69 Å². The monoisotopic (exact) mass is 375 g/mol. The van der Waals surface area contributed by atoms with Crippen LogP contribution in [0.15, 0.2) is 24.3 Å². The standard InChI is InChI=1S/C13H8Cl3N3O4/c1-23-7-4-2-6(3-5-7)17-13(20)8-9(14)10(19(21)22)12(16)18-11(8)15/h2-5H,1H3,(H,17,20). The Bertz CT molecular complexity index is 781. The third kappa shape index (κ3) is 3.64. The lowest BCUT2D eigenvalue weighted by Crippen LogP contribution is -2.14. The molecule has 120 valence electrons. The number of ether oxygens (including phenoxy) is 1. The number of nitrogens with one attached hydrogen (secondary N) is 1. The summed E-state index contributed by atoms with van der Waals surface area (Å²) in [5.74, 6) is -0.153. The van der Waals surface area contributed by atoms with Crippen LogP contribution >= 0.6 is 34.8 Å². The number of carbonyl (C=O) groups is 1. The zero-order valence-corrected chi connectivity index (χ0v) is 13.7. The molecule has 7 nitrogen and oxygen atoms in total. The number of halogens is 3. The zero-order chi connectivity index (χ0) is 17.1. The minimum absolute atomic E-state index is 0.333. The number of anilines is 1. The molecule has 0 saturated carbocycles. The quantitative estimate of drug-likeness (QED) is 0.490. The fourth-order valence-corrected chi connectivity index (χ4v) is 2.70. The summed E-state index contributed by atoms with van der Waals surface area (Å²) in [6.45, 7) is 0. The lowest BCUT2D eigenvalue weighted by atomic mass is 10.2. The molecular formula is C13H8Cl3N3O4. The Kier molecular flexibility index (Phi) is 5.25.